The molecule has 0 bridgehead atoms. The average Bonchev–Trinajstić information content (AvgIpc) is 3.99. The Bertz CT molecular complexity index is 1280. The summed E-state index contributed by atoms with van der Waals surface area (Å²) in [7, 11) is 1.67. The number of ketones is 1. The third-order valence-electron chi connectivity index (χ3n) is 8.51. The molecule has 6 rings (SSSR count). The van der Waals surface area contributed by atoms with Crippen molar-refractivity contribution >= 4 is 45.0 Å². The molecule has 4 aliphatic rings. The molecule has 2 aromatic rings. The fraction of sp³-hybridized carbons (Fsp3) is 0.543. The first kappa shape index (κ1) is 39.0. The van der Waals surface area contributed by atoms with E-state index in [0.717, 1.165) is 88.9 Å². The zero-order valence-corrected chi connectivity index (χ0v) is 33.4. The van der Waals surface area contributed by atoms with Crippen LogP contribution in [0.3, 0.4) is 0 Å². The van der Waals surface area contributed by atoms with Gasteiger partial charge in [-0.05, 0) is 109 Å². The number of nitrogens with one attached hydrogen (secondary N) is 5. The summed E-state index contributed by atoms with van der Waals surface area (Å²) >= 11 is 0. The second kappa shape index (κ2) is 20.8. The summed E-state index contributed by atoms with van der Waals surface area (Å²) < 4.78 is 5.67. The molecule has 4 fully saturated rings. The SMILES string of the molecule is CC(=O)C1CC1.Cc1ccc(NC(=O)NC2CCN(C(=O)C3CC3)CC2)cc1.Cc1ccc(NC(=O)NC2CCNCC2)cc1.[3H]P.[U]. The van der Waals surface area contributed by atoms with Crippen molar-refractivity contribution in [3.05, 3.63) is 59.7 Å². The quantitative estimate of drug-likeness (QED) is 0.247. The Morgan fingerprint density at radius 1 is 0.681 bits per heavy atom. The molecule has 256 valence electrons. The van der Waals surface area contributed by atoms with E-state index in [2.05, 4.69) is 26.6 Å². The van der Waals surface area contributed by atoms with Gasteiger partial charge in [0, 0.05) is 79.5 Å². The van der Waals surface area contributed by atoms with Crippen molar-refractivity contribution in [2.45, 2.75) is 84.2 Å². The zero-order valence-electron chi connectivity index (χ0n) is 29.1. The third-order valence-corrected chi connectivity index (χ3v) is 8.51. The van der Waals surface area contributed by atoms with Crippen molar-refractivity contribution in [3.63, 3.8) is 0 Å². The molecule has 0 aromatic heterocycles. The van der Waals surface area contributed by atoms with Gasteiger partial charge in [0.15, 0.2) is 0 Å². The monoisotopic (exact) mass is 892 g/mol. The van der Waals surface area contributed by atoms with Crippen molar-refractivity contribution in [2.24, 2.45) is 11.8 Å². The Kier molecular flexibility index (Phi) is 17.3. The largest absolute Gasteiger partial charge is 0.342 e. The minimum absolute atomic E-state index is 0. The molecule has 2 saturated carbocycles. The summed E-state index contributed by atoms with van der Waals surface area (Å²) in [5.74, 6) is 1.43. The van der Waals surface area contributed by atoms with Gasteiger partial charge in [-0.2, -0.15) is 9.84 Å². The molecule has 12 heteroatoms. The number of nitrogens with zero attached hydrogens (tertiary/aromatic N) is 1. The molecule has 47 heavy (non-hydrogen) atoms. The van der Waals surface area contributed by atoms with Crippen LogP contribution < -0.4 is 26.6 Å². The Morgan fingerprint density at radius 3 is 1.45 bits per heavy atom. The summed E-state index contributed by atoms with van der Waals surface area (Å²) in [4.78, 5) is 47.9. The fourth-order valence-electron chi connectivity index (χ4n) is 5.27. The van der Waals surface area contributed by atoms with Gasteiger partial charge in [0.2, 0.25) is 5.91 Å². The molecular formula is C35H53N6O4PU. The van der Waals surface area contributed by atoms with E-state index in [4.69, 9.17) is 1.28 Å². The topological polar surface area (TPSA) is 132 Å². The number of likely N-dealkylation sites (tertiary alicyclic amines) is 1. The summed E-state index contributed by atoms with van der Waals surface area (Å²) in [6, 6.07) is 15.7. The van der Waals surface area contributed by atoms with Gasteiger partial charge in [-0.25, -0.2) is 9.59 Å². The van der Waals surface area contributed by atoms with Gasteiger partial charge in [0.05, 0.1) is 1.28 Å². The number of hydrogen-bond acceptors (Lipinski definition) is 5. The van der Waals surface area contributed by atoms with E-state index in [1.54, 1.807) is 16.8 Å². The number of piperidine rings is 2. The zero-order chi connectivity index (χ0) is 34.2. The standard InChI is InChI=1S/C17H23N3O2.C13H19N3O.C5H8O.H3P.U/c1-12-2-6-14(7-3-12)18-17(22)19-15-8-10-20(11-9-15)16(21)13-4-5-13;1-10-2-4-11(5-3-10)15-13(17)16-12-6-8-14-9-7-12;1-4(6)5-2-3-5;;/h2-3,6-7,13,15H,4-5,8-11H2,1H3,(H2,18,19,22);2-5,12,14H,6-9H2,1H3,(H2,15,16,17);5H,2-3H2,1H3;1H3;/i;;;1T;. The molecule has 1 unspecified atom stereocenters. The van der Waals surface area contributed by atoms with Crippen LogP contribution in [0.2, 0.25) is 0 Å². The van der Waals surface area contributed by atoms with Gasteiger partial charge >= 0.3 is 12.1 Å². The maximum atomic E-state index is 12.0. The van der Waals surface area contributed by atoms with E-state index < -0.39 is 0 Å². The minimum Gasteiger partial charge on any atom is -0.342 e. The Labute approximate surface area is 308 Å². The molecule has 2 saturated heterocycles. The first-order valence-corrected chi connectivity index (χ1v) is 16.4. The first-order chi connectivity index (χ1) is 22.7. The van der Waals surface area contributed by atoms with Gasteiger partial charge in [-0.3, -0.25) is 9.59 Å². The van der Waals surface area contributed by atoms with Gasteiger partial charge in [-0.1, -0.05) is 35.4 Å². The molecule has 5 N–H and O–H groups in total. The number of aryl methyl sites for hydroxylation is 2. The van der Waals surface area contributed by atoms with Crippen LogP contribution in [0.25, 0.3) is 0 Å². The minimum atomic E-state index is -0.171. The van der Waals surface area contributed by atoms with E-state index in [-0.39, 0.29) is 55.1 Å². The first-order valence-electron chi connectivity index (χ1n) is 17.0. The second-order valence-corrected chi connectivity index (χ2v) is 12.7. The van der Waals surface area contributed by atoms with E-state index in [1.165, 1.54) is 11.1 Å². The second-order valence-electron chi connectivity index (χ2n) is 12.7. The Hall–Kier alpha value is -2.44. The fourth-order valence-corrected chi connectivity index (χ4v) is 5.27. The van der Waals surface area contributed by atoms with Crippen LogP contribution in [0.5, 0.6) is 0 Å². The molecule has 10 nitrogen and oxygen atoms in total. The molecule has 5 amide bonds. The van der Waals surface area contributed by atoms with Crippen molar-refractivity contribution in [2.75, 3.05) is 36.8 Å². The van der Waals surface area contributed by atoms with Gasteiger partial charge in [0.25, 0.3) is 0 Å². The molecule has 0 spiro atoms. The molecule has 0 radical (unpaired) electrons. The van der Waals surface area contributed by atoms with E-state index in [1.807, 2.05) is 67.3 Å². The van der Waals surface area contributed by atoms with E-state index in [0.29, 0.717) is 23.7 Å². The van der Waals surface area contributed by atoms with Crippen LogP contribution in [0.4, 0.5) is 21.0 Å². The number of Topliss-reactive ketones (excluding diaryl/α,β-unsaturated/α-hetero) is 1. The number of rotatable bonds is 6. The smallest absolute Gasteiger partial charge is 0.319 e. The molecule has 2 aliphatic carbocycles. The number of amides is 5. The Balaban J connectivity index is 0.000000272. The van der Waals surface area contributed by atoms with Gasteiger partial charge in [0.1, 0.15) is 5.78 Å². The maximum Gasteiger partial charge on any atom is 0.319 e. The molecule has 2 heterocycles. The summed E-state index contributed by atoms with van der Waals surface area (Å²) in [6.45, 7) is 9.18. The van der Waals surface area contributed by atoms with E-state index in [9.17, 15) is 19.2 Å². The number of carbonyl (C=O) groups excluding carboxylic acids is 4. The van der Waals surface area contributed by atoms with Crippen molar-refractivity contribution in [3.8, 4) is 0 Å². The van der Waals surface area contributed by atoms with Crippen LogP contribution in [0.15, 0.2) is 48.5 Å². The maximum absolute atomic E-state index is 12.0. The van der Waals surface area contributed by atoms with Gasteiger partial charge in [-0.15, -0.1) is 0 Å². The van der Waals surface area contributed by atoms with Crippen LogP contribution in [-0.4, -0.2) is 68.2 Å². The van der Waals surface area contributed by atoms with Crippen molar-refractivity contribution in [1.29, 1.82) is 1.28 Å². The van der Waals surface area contributed by atoms with Crippen molar-refractivity contribution < 1.29 is 50.3 Å². The van der Waals surface area contributed by atoms with Crippen LogP contribution in [0.1, 0.15) is 69.4 Å². The average molecular weight is 893 g/mol. The normalized spacial score (nSPS) is 17.6. The van der Waals surface area contributed by atoms with E-state index >= 15 is 0 Å². The number of hydrogen-bond donors (Lipinski definition) is 5. The number of anilines is 2. The third kappa shape index (κ3) is 15.6. The molecule has 1 atom stereocenters. The Morgan fingerprint density at radius 2 is 1.09 bits per heavy atom. The summed E-state index contributed by atoms with van der Waals surface area (Å²) in [6.07, 6.45) is 8.07. The number of benzene rings is 2. The molecule has 2 aliphatic heterocycles. The van der Waals surface area contributed by atoms with Crippen LogP contribution >= 0.6 is 9.84 Å². The van der Waals surface area contributed by atoms with Crippen molar-refractivity contribution in [1.82, 2.24) is 20.9 Å². The van der Waals surface area contributed by atoms with Crippen LogP contribution in [0, 0.1) is 56.8 Å². The molecule has 2 aromatic carbocycles. The van der Waals surface area contributed by atoms with Gasteiger partial charge < -0.3 is 31.5 Å². The number of urea groups is 2. The molecular weight excluding hydrogens is 837 g/mol. The predicted molar refractivity (Wildman–Crippen MR) is 189 cm³/mol. The number of carbonyl (C=O) groups is 4. The summed E-state index contributed by atoms with van der Waals surface area (Å²) in [5.41, 5.74) is 3.99. The predicted octanol–water partition coefficient (Wildman–Crippen LogP) is 5.43. The summed E-state index contributed by atoms with van der Waals surface area (Å²) in [5, 5.41) is 15.0. The van der Waals surface area contributed by atoms with Crippen LogP contribution in [-0.2, 0) is 9.59 Å².